The van der Waals surface area contributed by atoms with Gasteiger partial charge < -0.3 is 5.21 Å². The highest BCUT2D eigenvalue weighted by Gasteiger charge is 2.13. The van der Waals surface area contributed by atoms with Gasteiger partial charge in [0.15, 0.2) is 5.78 Å². The molecule has 1 rings (SSSR count). The lowest BCUT2D eigenvalue weighted by Gasteiger charge is -2.08. The molecule has 0 spiro atoms. The SMILES string of the molecule is CCC(=O)C(=O)CC=S(=O)(NO)c1ccccc1. The van der Waals surface area contributed by atoms with Crippen molar-refractivity contribution < 1.29 is 19.0 Å². The van der Waals surface area contributed by atoms with Crippen molar-refractivity contribution in [3.8, 4) is 0 Å². The summed E-state index contributed by atoms with van der Waals surface area (Å²) in [6.07, 6.45) is -0.153. The number of ketones is 2. The van der Waals surface area contributed by atoms with E-state index in [1.807, 2.05) is 0 Å². The molecule has 0 aliphatic carbocycles. The number of carbonyl (C=O) groups excluding carboxylic acids is 2. The van der Waals surface area contributed by atoms with Crippen molar-refractivity contribution >= 4 is 26.6 Å². The number of nitrogens with one attached hydrogen (secondary N) is 1. The molecule has 98 valence electrons. The Morgan fingerprint density at radius 1 is 1.28 bits per heavy atom. The summed E-state index contributed by atoms with van der Waals surface area (Å²) in [5.74, 6) is -1.13. The summed E-state index contributed by atoms with van der Waals surface area (Å²) >= 11 is 0. The highest BCUT2D eigenvalue weighted by molar-refractivity contribution is 7.99. The van der Waals surface area contributed by atoms with Gasteiger partial charge in [0.1, 0.15) is 0 Å². The second-order valence-corrected chi connectivity index (χ2v) is 5.76. The van der Waals surface area contributed by atoms with Crippen LogP contribution in [-0.2, 0) is 19.3 Å². The monoisotopic (exact) mass is 269 g/mol. The van der Waals surface area contributed by atoms with Crippen molar-refractivity contribution in [2.24, 2.45) is 0 Å². The average Bonchev–Trinajstić information content (AvgIpc) is 2.44. The molecule has 0 fully saturated rings. The zero-order chi connectivity index (χ0) is 13.6. The van der Waals surface area contributed by atoms with Gasteiger partial charge in [-0.2, -0.15) is 0 Å². The molecule has 18 heavy (non-hydrogen) atoms. The Kier molecular flexibility index (Phi) is 5.21. The van der Waals surface area contributed by atoms with Crippen LogP contribution in [0, 0.1) is 0 Å². The van der Waals surface area contributed by atoms with Crippen LogP contribution in [-0.4, -0.2) is 26.4 Å². The van der Waals surface area contributed by atoms with Crippen LogP contribution < -0.4 is 4.89 Å². The molecule has 0 saturated carbocycles. The summed E-state index contributed by atoms with van der Waals surface area (Å²) in [6.45, 7) is 1.58. The van der Waals surface area contributed by atoms with Crippen molar-refractivity contribution in [1.82, 2.24) is 4.89 Å². The first kappa shape index (κ1) is 14.6. The fourth-order valence-corrected chi connectivity index (χ4v) is 2.63. The molecule has 1 atom stereocenters. The molecule has 1 unspecified atom stereocenters. The van der Waals surface area contributed by atoms with Gasteiger partial charge in [-0.25, -0.2) is 4.21 Å². The standard InChI is InChI=1S/C12H15NO4S/c1-2-11(14)12(15)8-9-18(17,13-16)10-6-4-3-5-7-10/h3-7,9,16H,2,8H2,1H3,(H,13,17). The summed E-state index contributed by atoms with van der Waals surface area (Å²) in [6, 6.07) is 8.20. The third kappa shape index (κ3) is 3.49. The molecule has 5 nitrogen and oxygen atoms in total. The van der Waals surface area contributed by atoms with Gasteiger partial charge in [0, 0.05) is 17.7 Å². The molecule has 6 heteroatoms. The maximum absolute atomic E-state index is 12.3. The van der Waals surface area contributed by atoms with Gasteiger partial charge in [-0.3, -0.25) is 9.59 Å². The van der Waals surface area contributed by atoms with Crippen LogP contribution in [0.2, 0.25) is 0 Å². The van der Waals surface area contributed by atoms with E-state index in [2.05, 4.69) is 0 Å². The second-order valence-electron chi connectivity index (χ2n) is 3.58. The lowest BCUT2D eigenvalue weighted by molar-refractivity contribution is -0.135. The maximum atomic E-state index is 12.3. The van der Waals surface area contributed by atoms with Gasteiger partial charge >= 0.3 is 0 Å². The molecule has 0 aliphatic heterocycles. The van der Waals surface area contributed by atoms with Crippen LogP contribution in [0.1, 0.15) is 19.8 Å². The predicted octanol–water partition coefficient (Wildman–Crippen LogP) is 0.964. The minimum absolute atomic E-state index is 0.117. The molecule has 0 aromatic heterocycles. The normalized spacial score (nSPS) is 13.7. The summed E-state index contributed by atoms with van der Waals surface area (Å²) in [4.78, 5) is 24.5. The molecule has 0 aliphatic rings. The Bertz CT molecular complexity index is 544. The molecule has 0 heterocycles. The van der Waals surface area contributed by atoms with Gasteiger partial charge in [0.2, 0.25) is 5.78 Å². The number of rotatable bonds is 6. The Hall–Kier alpha value is -1.50. The van der Waals surface area contributed by atoms with Crippen LogP contribution in [0.5, 0.6) is 0 Å². The Balaban J connectivity index is 3.00. The van der Waals surface area contributed by atoms with E-state index in [1.54, 1.807) is 42.1 Å². The molecular formula is C12H15NO4S. The minimum Gasteiger partial charge on any atom is -0.304 e. The van der Waals surface area contributed by atoms with Crippen molar-refractivity contribution in [3.63, 3.8) is 0 Å². The number of benzene rings is 1. The average molecular weight is 269 g/mol. The zero-order valence-corrected chi connectivity index (χ0v) is 10.8. The van der Waals surface area contributed by atoms with Crippen molar-refractivity contribution in [2.75, 3.05) is 0 Å². The van der Waals surface area contributed by atoms with Crippen LogP contribution in [0.3, 0.4) is 0 Å². The number of hydrogen-bond acceptors (Lipinski definition) is 4. The van der Waals surface area contributed by atoms with Crippen LogP contribution in [0.15, 0.2) is 35.2 Å². The third-order valence-corrected chi connectivity index (χ3v) is 4.24. The molecule has 0 bridgehead atoms. The summed E-state index contributed by atoms with van der Waals surface area (Å²) in [5, 5.41) is 10.1. The topological polar surface area (TPSA) is 83.5 Å². The van der Waals surface area contributed by atoms with E-state index in [4.69, 9.17) is 5.21 Å². The van der Waals surface area contributed by atoms with Gasteiger partial charge in [-0.15, -0.1) is 4.89 Å². The smallest absolute Gasteiger partial charge is 0.202 e. The zero-order valence-electron chi connectivity index (χ0n) is 9.96. The van der Waals surface area contributed by atoms with E-state index < -0.39 is 21.3 Å². The minimum atomic E-state index is -3.03. The first-order valence-electron chi connectivity index (χ1n) is 5.43. The second kappa shape index (κ2) is 6.44. The summed E-state index contributed by atoms with van der Waals surface area (Å²) in [5.41, 5.74) is 0. The first-order valence-corrected chi connectivity index (χ1v) is 7.05. The largest absolute Gasteiger partial charge is 0.304 e. The Morgan fingerprint density at radius 2 is 1.89 bits per heavy atom. The first-order chi connectivity index (χ1) is 8.53. The maximum Gasteiger partial charge on any atom is 0.202 e. The van der Waals surface area contributed by atoms with Gasteiger partial charge in [-0.1, -0.05) is 25.1 Å². The van der Waals surface area contributed by atoms with Gasteiger partial charge in [-0.05, 0) is 17.5 Å². The van der Waals surface area contributed by atoms with Crippen LogP contribution >= 0.6 is 0 Å². The van der Waals surface area contributed by atoms with Crippen LogP contribution in [0.4, 0.5) is 0 Å². The predicted molar refractivity (Wildman–Crippen MR) is 68.8 cm³/mol. The molecule has 0 amide bonds. The molecule has 0 saturated heterocycles. The molecule has 1 aromatic rings. The third-order valence-electron chi connectivity index (χ3n) is 2.36. The van der Waals surface area contributed by atoms with Crippen molar-refractivity contribution in [2.45, 2.75) is 24.7 Å². The number of Topliss-reactive ketones (excluding diaryl/α,β-unsaturated/α-hetero) is 2. The van der Waals surface area contributed by atoms with Crippen molar-refractivity contribution in [3.05, 3.63) is 30.3 Å². The molecule has 1 aromatic carbocycles. The van der Waals surface area contributed by atoms with E-state index in [0.29, 0.717) is 4.90 Å². The number of carbonyl (C=O) groups is 2. The lowest BCUT2D eigenvalue weighted by Crippen LogP contribution is -2.24. The lowest BCUT2D eigenvalue weighted by atomic mass is 10.2. The van der Waals surface area contributed by atoms with Gasteiger partial charge in [0.25, 0.3) is 0 Å². The van der Waals surface area contributed by atoms with E-state index in [-0.39, 0.29) is 12.8 Å². The van der Waals surface area contributed by atoms with E-state index >= 15 is 0 Å². The van der Waals surface area contributed by atoms with Gasteiger partial charge in [0.05, 0.1) is 9.71 Å². The number of hydrogen-bond donors (Lipinski definition) is 2. The van der Waals surface area contributed by atoms with E-state index in [1.165, 1.54) is 0 Å². The summed E-state index contributed by atoms with van der Waals surface area (Å²) < 4.78 is 12.3. The van der Waals surface area contributed by atoms with Crippen molar-refractivity contribution in [1.29, 1.82) is 0 Å². The Morgan fingerprint density at radius 3 is 2.39 bits per heavy atom. The Labute approximate surface area is 106 Å². The van der Waals surface area contributed by atoms with E-state index in [9.17, 15) is 13.8 Å². The fourth-order valence-electron chi connectivity index (χ4n) is 1.31. The van der Waals surface area contributed by atoms with E-state index in [0.717, 1.165) is 5.37 Å². The highest BCUT2D eigenvalue weighted by atomic mass is 32.2. The molecule has 0 radical (unpaired) electrons. The van der Waals surface area contributed by atoms with Crippen LogP contribution in [0.25, 0.3) is 0 Å². The highest BCUT2D eigenvalue weighted by Crippen LogP contribution is 2.08. The fraction of sp³-hybridized carbons (Fsp3) is 0.250. The quantitative estimate of drug-likeness (QED) is 0.458. The molecule has 2 N–H and O–H groups in total. The molecular weight excluding hydrogens is 254 g/mol. The summed E-state index contributed by atoms with van der Waals surface area (Å²) in [7, 11) is -3.03.